The highest BCUT2D eigenvalue weighted by atomic mass is 32.2. The van der Waals surface area contributed by atoms with E-state index in [1.54, 1.807) is 5.43 Å². The Hall–Kier alpha value is -0.860. The van der Waals surface area contributed by atoms with Crippen LogP contribution in [-0.2, 0) is 11.3 Å². The fourth-order valence-electron chi connectivity index (χ4n) is 0.0993. The molecule has 0 spiro atoms. The van der Waals surface area contributed by atoms with Crippen molar-refractivity contribution in [1.29, 1.82) is 0 Å². The van der Waals surface area contributed by atoms with Gasteiger partial charge in [0.05, 0.1) is 11.3 Å². The highest BCUT2D eigenvalue weighted by Gasteiger charge is 1.88. The van der Waals surface area contributed by atoms with E-state index in [1.807, 2.05) is 0 Å². The lowest BCUT2D eigenvalue weighted by Gasteiger charge is -1.90. The fraction of sp³-hybridized carbons (Fsp3) is 0. The van der Waals surface area contributed by atoms with Crippen molar-refractivity contribution in [2.24, 2.45) is 15.5 Å². The Labute approximate surface area is 52.7 Å². The van der Waals surface area contributed by atoms with Gasteiger partial charge in [-0.2, -0.15) is 0 Å². The molecule has 0 radical (unpaired) electrons. The molecule has 9 heavy (non-hydrogen) atoms. The lowest BCUT2D eigenvalue weighted by molar-refractivity contribution is 0.248. The summed E-state index contributed by atoms with van der Waals surface area (Å²) in [5, 5.41) is 2.58. The van der Waals surface area contributed by atoms with E-state index in [4.69, 9.17) is 0 Å². The predicted molar refractivity (Wildman–Crippen MR) is 26.5 cm³/mol. The van der Waals surface area contributed by atoms with Gasteiger partial charge in [0.15, 0.2) is 0 Å². The van der Waals surface area contributed by atoms with Crippen molar-refractivity contribution in [2.75, 3.05) is 0 Å². The van der Waals surface area contributed by atoms with Crippen LogP contribution in [-0.4, -0.2) is 14.8 Å². The largest absolute Gasteiger partial charge is 0.752 e. The van der Waals surface area contributed by atoms with Gasteiger partial charge >= 0.3 is 6.03 Å². The molecule has 0 aromatic rings. The maximum atomic E-state index is 9.95. The van der Waals surface area contributed by atoms with Gasteiger partial charge in [-0.25, -0.2) is 14.8 Å². The molecule has 0 fully saturated rings. The zero-order valence-corrected chi connectivity index (χ0v) is 4.92. The standard InChI is InChI=1S/CH4N4O3S/c2-3-1(6)4-5-9(7)8/h2H2,(H,3,6)(H,7,8)/p-1. The van der Waals surface area contributed by atoms with Crippen molar-refractivity contribution in [3.05, 3.63) is 0 Å². The van der Waals surface area contributed by atoms with Crippen LogP contribution in [0.25, 0.3) is 0 Å². The van der Waals surface area contributed by atoms with E-state index in [-0.39, 0.29) is 0 Å². The molecule has 0 saturated heterocycles. The molecule has 0 saturated carbocycles. The molecule has 0 aliphatic heterocycles. The highest BCUT2D eigenvalue weighted by molar-refractivity contribution is 7.77. The van der Waals surface area contributed by atoms with Crippen LogP contribution in [0, 0.1) is 0 Å². The molecule has 0 aromatic heterocycles. The van der Waals surface area contributed by atoms with Crippen LogP contribution < -0.4 is 11.3 Å². The SMILES string of the molecule is NNC(=O)N=NS(=O)[O-]. The average molecular weight is 151 g/mol. The van der Waals surface area contributed by atoms with Crippen LogP contribution in [0.5, 0.6) is 0 Å². The number of carbonyl (C=O) groups is 1. The summed E-state index contributed by atoms with van der Waals surface area (Å²) in [7, 11) is 0. The van der Waals surface area contributed by atoms with E-state index in [2.05, 4.69) is 15.5 Å². The van der Waals surface area contributed by atoms with Crippen molar-refractivity contribution in [1.82, 2.24) is 5.43 Å². The maximum absolute atomic E-state index is 9.95. The Morgan fingerprint density at radius 2 is 2.33 bits per heavy atom. The summed E-state index contributed by atoms with van der Waals surface area (Å²) >= 11 is -2.70. The first-order valence-corrected chi connectivity index (χ1v) is 2.71. The minimum atomic E-state index is -2.70. The van der Waals surface area contributed by atoms with Gasteiger partial charge in [-0.3, -0.25) is 5.43 Å². The number of hydrogen-bond acceptors (Lipinski definition) is 4. The van der Waals surface area contributed by atoms with Crippen molar-refractivity contribution in [3.8, 4) is 0 Å². The van der Waals surface area contributed by atoms with Gasteiger partial charge in [0.1, 0.15) is 0 Å². The van der Waals surface area contributed by atoms with Gasteiger partial charge in [-0.05, 0) is 0 Å². The predicted octanol–water partition coefficient (Wildman–Crippen LogP) is -1.18. The fourth-order valence-corrected chi connectivity index (χ4v) is 0.240. The van der Waals surface area contributed by atoms with Crippen LogP contribution in [0.4, 0.5) is 4.79 Å². The summed E-state index contributed by atoms with van der Waals surface area (Å²) in [5.41, 5.74) is 1.55. The van der Waals surface area contributed by atoms with Crippen molar-refractivity contribution in [3.63, 3.8) is 0 Å². The average Bonchev–Trinajstić information content (AvgIpc) is 1.83. The van der Waals surface area contributed by atoms with Crippen molar-refractivity contribution < 1.29 is 13.6 Å². The first kappa shape index (κ1) is 8.14. The number of urea groups is 1. The quantitative estimate of drug-likeness (QED) is 0.161. The Kier molecular flexibility index (Phi) is 3.67. The number of rotatable bonds is 1. The van der Waals surface area contributed by atoms with Gasteiger partial charge in [0.25, 0.3) is 0 Å². The van der Waals surface area contributed by atoms with E-state index in [9.17, 15) is 13.6 Å². The second-order valence-electron chi connectivity index (χ2n) is 0.848. The van der Waals surface area contributed by atoms with Gasteiger partial charge < -0.3 is 4.55 Å². The summed E-state index contributed by atoms with van der Waals surface area (Å²) in [5.74, 6) is 4.50. The minimum Gasteiger partial charge on any atom is -0.752 e. The lowest BCUT2D eigenvalue weighted by Crippen LogP contribution is -2.26. The number of amides is 2. The summed E-state index contributed by atoms with van der Waals surface area (Å²) in [6.07, 6.45) is 0. The first-order valence-electron chi connectivity index (χ1n) is 1.68. The molecule has 1 atom stereocenters. The summed E-state index contributed by atoms with van der Waals surface area (Å²) < 4.78 is 21.5. The molecule has 2 amide bonds. The number of nitrogens with one attached hydrogen (secondary N) is 1. The Morgan fingerprint density at radius 3 is 2.67 bits per heavy atom. The smallest absolute Gasteiger partial charge is 0.374 e. The molecular weight excluding hydrogens is 148 g/mol. The van der Waals surface area contributed by atoms with Crippen LogP contribution in [0.15, 0.2) is 9.63 Å². The normalized spacial score (nSPS) is 13.6. The van der Waals surface area contributed by atoms with E-state index >= 15 is 0 Å². The van der Waals surface area contributed by atoms with Gasteiger partial charge in [0.2, 0.25) is 0 Å². The van der Waals surface area contributed by atoms with Gasteiger partial charge in [0, 0.05) is 0 Å². The van der Waals surface area contributed by atoms with Crippen molar-refractivity contribution >= 4 is 17.3 Å². The Bertz CT molecular complexity index is 154. The molecule has 0 aromatic carbocycles. The maximum Gasteiger partial charge on any atom is 0.374 e. The molecule has 7 nitrogen and oxygen atoms in total. The molecule has 52 valence electrons. The summed E-state index contributed by atoms with van der Waals surface area (Å²) in [4.78, 5) is 9.95. The molecule has 1 unspecified atom stereocenters. The lowest BCUT2D eigenvalue weighted by atomic mass is 11.1. The molecule has 0 aliphatic carbocycles. The topological polar surface area (TPSA) is 120 Å². The number of carbonyl (C=O) groups excluding carboxylic acids is 1. The second-order valence-corrected chi connectivity index (χ2v) is 1.45. The van der Waals surface area contributed by atoms with Crippen LogP contribution in [0.1, 0.15) is 0 Å². The summed E-state index contributed by atoms with van der Waals surface area (Å²) in [6.45, 7) is 0. The highest BCUT2D eigenvalue weighted by Crippen LogP contribution is 1.78. The Morgan fingerprint density at radius 1 is 1.78 bits per heavy atom. The van der Waals surface area contributed by atoms with Crippen LogP contribution in [0.2, 0.25) is 0 Å². The molecule has 0 aliphatic rings. The second kappa shape index (κ2) is 4.06. The van der Waals surface area contributed by atoms with Crippen LogP contribution >= 0.6 is 0 Å². The third-order valence-electron chi connectivity index (χ3n) is 0.322. The van der Waals surface area contributed by atoms with E-state index < -0.39 is 17.3 Å². The molecule has 3 N–H and O–H groups in total. The third-order valence-corrected chi connectivity index (χ3v) is 0.537. The summed E-state index contributed by atoms with van der Waals surface area (Å²) in [6, 6.07) is -1.01. The molecule has 0 bridgehead atoms. The van der Waals surface area contributed by atoms with Gasteiger partial charge in [-0.1, -0.05) is 9.63 Å². The zero-order valence-electron chi connectivity index (χ0n) is 4.10. The van der Waals surface area contributed by atoms with E-state index in [1.165, 1.54) is 0 Å². The van der Waals surface area contributed by atoms with Crippen molar-refractivity contribution in [2.45, 2.75) is 0 Å². The third kappa shape index (κ3) is 5.00. The first-order chi connectivity index (χ1) is 4.16. The number of nitrogens with two attached hydrogens (primary N) is 1. The monoisotopic (exact) mass is 151 g/mol. The van der Waals surface area contributed by atoms with E-state index in [0.717, 1.165) is 0 Å². The molecule has 8 heteroatoms. The van der Waals surface area contributed by atoms with Crippen LogP contribution in [0.3, 0.4) is 0 Å². The molecular formula is CH3N4O3S-. The molecule has 0 heterocycles. The van der Waals surface area contributed by atoms with Gasteiger partial charge in [-0.15, -0.1) is 0 Å². The number of nitrogens with zero attached hydrogens (tertiary/aromatic N) is 2. The number of hydrogen-bond donors (Lipinski definition) is 2. The number of hydrazine groups is 1. The minimum absolute atomic E-state index is 1.01. The molecule has 0 rings (SSSR count). The zero-order chi connectivity index (χ0) is 7.28. The van der Waals surface area contributed by atoms with E-state index in [0.29, 0.717) is 0 Å². The Balaban J connectivity index is 3.71.